The summed E-state index contributed by atoms with van der Waals surface area (Å²) in [5.41, 5.74) is 3.44. The fourth-order valence-electron chi connectivity index (χ4n) is 6.19. The molecule has 7 heteroatoms. The van der Waals surface area contributed by atoms with Gasteiger partial charge in [-0.15, -0.1) is 0 Å². The second-order valence-electron chi connectivity index (χ2n) is 11.2. The van der Waals surface area contributed by atoms with E-state index in [2.05, 4.69) is 40.7 Å². The topological polar surface area (TPSA) is 91.4 Å². The average molecular weight is 514 g/mol. The Hall–Kier alpha value is -3.61. The molecule has 1 aliphatic heterocycles. The van der Waals surface area contributed by atoms with Gasteiger partial charge in [-0.1, -0.05) is 38.3 Å². The van der Waals surface area contributed by atoms with Crippen molar-refractivity contribution in [2.45, 2.75) is 70.6 Å². The summed E-state index contributed by atoms with van der Waals surface area (Å²) in [6.45, 7) is 6.81. The largest absolute Gasteiger partial charge is 0.495 e. The highest BCUT2D eigenvalue weighted by atomic mass is 16.5. The molecule has 200 valence electrons. The van der Waals surface area contributed by atoms with E-state index in [1.165, 1.54) is 12.0 Å². The van der Waals surface area contributed by atoms with E-state index < -0.39 is 5.41 Å². The van der Waals surface area contributed by atoms with Crippen LogP contribution in [0.4, 0.5) is 11.5 Å². The van der Waals surface area contributed by atoms with Gasteiger partial charge in [-0.3, -0.25) is 9.78 Å². The number of nitrogens with one attached hydrogen (secondary N) is 3. The minimum Gasteiger partial charge on any atom is -0.495 e. The summed E-state index contributed by atoms with van der Waals surface area (Å²) in [5, 5.41) is 6.86. The Morgan fingerprint density at radius 1 is 1.13 bits per heavy atom. The van der Waals surface area contributed by atoms with Crippen molar-refractivity contribution in [1.29, 1.82) is 0 Å². The molecule has 2 aliphatic rings. The van der Waals surface area contributed by atoms with Crippen LogP contribution >= 0.6 is 0 Å². The number of aliphatic imine (C=N–C) groups is 1. The first-order valence-electron chi connectivity index (χ1n) is 13.8. The molecule has 7 nitrogen and oxygen atoms in total. The summed E-state index contributed by atoms with van der Waals surface area (Å²) in [6.07, 6.45) is 10.1. The Labute approximate surface area is 225 Å². The summed E-state index contributed by atoms with van der Waals surface area (Å²) in [6, 6.07) is 14.2. The highest BCUT2D eigenvalue weighted by Gasteiger charge is 2.46. The summed E-state index contributed by atoms with van der Waals surface area (Å²) < 4.78 is 5.33. The molecule has 1 aliphatic carbocycles. The zero-order chi connectivity index (χ0) is 26.8. The van der Waals surface area contributed by atoms with E-state index in [0.29, 0.717) is 6.54 Å². The Morgan fingerprint density at radius 3 is 2.61 bits per heavy atom. The van der Waals surface area contributed by atoms with Crippen molar-refractivity contribution in [2.24, 2.45) is 10.4 Å². The van der Waals surface area contributed by atoms with Crippen LogP contribution < -0.4 is 15.4 Å². The molecular weight excluding hydrogens is 474 g/mol. The number of hydrogen-bond acceptors (Lipinski definition) is 5. The van der Waals surface area contributed by atoms with E-state index in [4.69, 9.17) is 14.7 Å². The number of H-pyrrole nitrogens is 1. The van der Waals surface area contributed by atoms with Gasteiger partial charge in [-0.25, -0.2) is 4.99 Å². The number of nitrogens with zero attached hydrogens (tertiary/aromatic N) is 2. The molecule has 1 saturated carbocycles. The van der Waals surface area contributed by atoms with Crippen LogP contribution in [0.5, 0.6) is 5.75 Å². The number of anilines is 1. The van der Waals surface area contributed by atoms with Gasteiger partial charge in [0.15, 0.2) is 0 Å². The number of carbonyl (C=O) groups excluding carboxylic acids is 1. The van der Waals surface area contributed by atoms with Crippen LogP contribution in [0, 0.1) is 5.41 Å². The predicted octanol–water partition coefficient (Wildman–Crippen LogP) is 6.26. The number of amides is 1. The number of pyridine rings is 1. The first kappa shape index (κ1) is 26.0. The highest BCUT2D eigenvalue weighted by Crippen LogP contribution is 2.48. The van der Waals surface area contributed by atoms with E-state index in [9.17, 15) is 4.79 Å². The van der Waals surface area contributed by atoms with Gasteiger partial charge in [0.05, 0.1) is 30.3 Å². The zero-order valence-corrected chi connectivity index (χ0v) is 22.9. The van der Waals surface area contributed by atoms with E-state index in [1.807, 2.05) is 44.3 Å². The van der Waals surface area contributed by atoms with Gasteiger partial charge in [0.25, 0.3) is 0 Å². The smallest absolute Gasteiger partial charge is 0.226 e. The molecule has 5 rings (SSSR count). The molecule has 0 unspecified atom stereocenters. The van der Waals surface area contributed by atoms with Crippen molar-refractivity contribution >= 4 is 23.2 Å². The van der Waals surface area contributed by atoms with Crippen LogP contribution in [0.3, 0.4) is 0 Å². The maximum Gasteiger partial charge on any atom is 0.226 e. The zero-order valence-electron chi connectivity index (χ0n) is 22.9. The lowest BCUT2D eigenvalue weighted by atomic mass is 9.70. The molecule has 1 amide bonds. The average Bonchev–Trinajstić information content (AvgIpc) is 3.60. The van der Waals surface area contributed by atoms with Gasteiger partial charge in [0.1, 0.15) is 17.4 Å². The van der Waals surface area contributed by atoms with Gasteiger partial charge in [-0.2, -0.15) is 0 Å². The monoisotopic (exact) mass is 513 g/mol. The summed E-state index contributed by atoms with van der Waals surface area (Å²) >= 11 is 0. The normalized spacial score (nSPS) is 18.4. The second-order valence-corrected chi connectivity index (χ2v) is 11.2. The maximum atomic E-state index is 14.1. The summed E-state index contributed by atoms with van der Waals surface area (Å²) in [4.78, 5) is 27.0. The fourth-order valence-corrected chi connectivity index (χ4v) is 6.19. The lowest BCUT2D eigenvalue weighted by Gasteiger charge is -2.39. The molecule has 3 heterocycles. The third-order valence-electron chi connectivity index (χ3n) is 8.44. The third kappa shape index (κ3) is 4.82. The molecule has 0 spiro atoms. The van der Waals surface area contributed by atoms with Crippen molar-refractivity contribution < 1.29 is 9.53 Å². The predicted molar refractivity (Wildman–Crippen MR) is 152 cm³/mol. The van der Waals surface area contributed by atoms with E-state index in [1.54, 1.807) is 13.3 Å². The van der Waals surface area contributed by atoms with Gasteiger partial charge in [-0.05, 0) is 74.6 Å². The van der Waals surface area contributed by atoms with Gasteiger partial charge in [0.2, 0.25) is 5.91 Å². The van der Waals surface area contributed by atoms with Gasteiger partial charge < -0.3 is 20.4 Å². The lowest BCUT2D eigenvalue weighted by Crippen LogP contribution is -2.49. The minimum absolute atomic E-state index is 0.0284. The van der Waals surface area contributed by atoms with Gasteiger partial charge in [0, 0.05) is 23.9 Å². The second kappa shape index (κ2) is 10.6. The number of aromatic amines is 1. The number of aryl methyl sites for hydroxylation is 1. The number of methoxy groups -OCH3 is 1. The van der Waals surface area contributed by atoms with Crippen LogP contribution in [0.1, 0.15) is 75.6 Å². The lowest BCUT2D eigenvalue weighted by molar-refractivity contribution is -0.130. The fraction of sp³-hybridized carbons (Fsp3) is 0.452. The van der Waals surface area contributed by atoms with Gasteiger partial charge >= 0.3 is 0 Å². The van der Waals surface area contributed by atoms with Crippen LogP contribution in [0.25, 0.3) is 0 Å². The van der Waals surface area contributed by atoms with Crippen molar-refractivity contribution in [3.8, 4) is 5.75 Å². The number of aromatic nitrogens is 2. The van der Waals surface area contributed by atoms with Crippen molar-refractivity contribution in [1.82, 2.24) is 15.3 Å². The molecule has 3 N–H and O–H groups in total. The molecule has 3 aromatic rings. The first-order chi connectivity index (χ1) is 18.4. The number of rotatable bonds is 8. The molecular formula is C31H39N5O2. The molecule has 0 bridgehead atoms. The number of ether oxygens (including phenoxy) is 1. The van der Waals surface area contributed by atoms with Crippen molar-refractivity contribution in [3.05, 3.63) is 71.7 Å². The number of benzene rings is 1. The van der Waals surface area contributed by atoms with Crippen molar-refractivity contribution in [2.75, 3.05) is 19.0 Å². The molecule has 0 saturated heterocycles. The molecule has 1 fully saturated rings. The number of hydrogen-bond donors (Lipinski definition) is 3. The number of carbonyl (C=O) groups is 1. The van der Waals surface area contributed by atoms with E-state index in [-0.39, 0.29) is 17.2 Å². The molecule has 38 heavy (non-hydrogen) atoms. The standard InChI is InChI=1S/C31H39N5O2/c1-5-21-11-9-12-23-26(21)27(28(35-23)36-25-13-10-18-32-25)30(2,3)29(37)34-20-31(16-7-6-8-17-31)24-15-14-22(38-4)19-33-24/h9-15,18-19,27,32H,5-8,16-17,20H2,1-4H3,(H,34,37)(H,35,36)/t27-/m1/s1. The molecule has 1 aromatic carbocycles. The Bertz CT molecular complexity index is 1290. The molecule has 2 aromatic heterocycles. The van der Waals surface area contributed by atoms with E-state index in [0.717, 1.165) is 66.5 Å². The van der Waals surface area contributed by atoms with E-state index >= 15 is 0 Å². The molecule has 1 atom stereocenters. The Balaban J connectivity index is 1.43. The Kier molecular flexibility index (Phi) is 7.28. The van der Waals surface area contributed by atoms with Crippen LogP contribution in [0.15, 0.2) is 59.9 Å². The summed E-state index contributed by atoms with van der Waals surface area (Å²) in [5.74, 6) is 2.24. The van der Waals surface area contributed by atoms with Crippen molar-refractivity contribution in [3.63, 3.8) is 0 Å². The SMILES string of the molecule is CCc1cccc2c1[C@@H](C(C)(C)C(=O)NCC1(c3ccc(OC)cn3)CCCCC1)C(Nc1ccc[nH]1)=N2. The third-order valence-corrected chi connectivity index (χ3v) is 8.44. The highest BCUT2D eigenvalue weighted by molar-refractivity contribution is 6.08. The minimum atomic E-state index is -0.738. The Morgan fingerprint density at radius 2 is 1.95 bits per heavy atom. The maximum absolute atomic E-state index is 14.1. The summed E-state index contributed by atoms with van der Waals surface area (Å²) in [7, 11) is 1.66. The van der Waals surface area contributed by atoms with Crippen LogP contribution in [-0.4, -0.2) is 35.4 Å². The van der Waals surface area contributed by atoms with Crippen LogP contribution in [0.2, 0.25) is 0 Å². The molecule has 0 radical (unpaired) electrons. The first-order valence-corrected chi connectivity index (χ1v) is 13.8. The number of amidine groups is 1. The number of fused-ring (bicyclic) bond motifs is 1. The quantitative estimate of drug-likeness (QED) is 0.331. The van der Waals surface area contributed by atoms with Crippen LogP contribution in [-0.2, 0) is 16.6 Å².